The smallest absolute Gasteiger partial charge is 0.409 e. The first-order valence-electron chi connectivity index (χ1n) is 8.18. The average molecular weight is 345 g/mol. The standard InChI is InChI=1S/C17H20FN5O2/c1-2-25-17(24)23-11-9-22(10-12-23)15-7-8-19-16(21-15)20-14-5-3-13(18)4-6-14/h3-8H,2,9-12H2,1H3,(H,19,20,21). The van der Waals surface area contributed by atoms with Crippen molar-refractivity contribution in [2.45, 2.75) is 6.92 Å². The number of anilines is 3. The zero-order chi connectivity index (χ0) is 17.6. The van der Waals surface area contributed by atoms with Gasteiger partial charge < -0.3 is 19.9 Å². The molecule has 3 rings (SSSR count). The maximum Gasteiger partial charge on any atom is 0.409 e. The lowest BCUT2D eigenvalue weighted by molar-refractivity contribution is 0.105. The van der Waals surface area contributed by atoms with E-state index in [1.165, 1.54) is 12.1 Å². The van der Waals surface area contributed by atoms with E-state index in [2.05, 4.69) is 20.2 Å². The van der Waals surface area contributed by atoms with Crippen molar-refractivity contribution >= 4 is 23.5 Å². The van der Waals surface area contributed by atoms with Gasteiger partial charge in [-0.3, -0.25) is 0 Å². The Morgan fingerprint density at radius 3 is 2.60 bits per heavy atom. The summed E-state index contributed by atoms with van der Waals surface area (Å²) in [5, 5.41) is 3.05. The number of piperazine rings is 1. The Balaban J connectivity index is 1.62. The molecule has 1 saturated heterocycles. The Bertz CT molecular complexity index is 717. The van der Waals surface area contributed by atoms with Crippen LogP contribution in [0.3, 0.4) is 0 Å². The van der Waals surface area contributed by atoms with Crippen LogP contribution in [0.5, 0.6) is 0 Å². The van der Waals surface area contributed by atoms with Crippen molar-refractivity contribution in [1.29, 1.82) is 0 Å². The third kappa shape index (κ3) is 4.34. The van der Waals surface area contributed by atoms with Gasteiger partial charge in [-0.2, -0.15) is 4.98 Å². The van der Waals surface area contributed by atoms with Crippen molar-refractivity contribution in [1.82, 2.24) is 14.9 Å². The van der Waals surface area contributed by atoms with Crippen LogP contribution in [0.1, 0.15) is 6.92 Å². The lowest BCUT2D eigenvalue weighted by Crippen LogP contribution is -2.49. The topological polar surface area (TPSA) is 70.6 Å². The predicted octanol–water partition coefficient (Wildman–Crippen LogP) is 2.64. The molecule has 0 spiro atoms. The Kier molecular flexibility index (Phi) is 5.27. The van der Waals surface area contributed by atoms with Crippen LogP contribution >= 0.6 is 0 Å². The number of hydrogen-bond donors (Lipinski definition) is 1. The number of carbonyl (C=O) groups is 1. The highest BCUT2D eigenvalue weighted by atomic mass is 19.1. The molecule has 0 radical (unpaired) electrons. The molecule has 8 heteroatoms. The zero-order valence-electron chi connectivity index (χ0n) is 14.0. The van der Waals surface area contributed by atoms with Crippen LogP contribution in [0.15, 0.2) is 36.5 Å². The molecule has 132 valence electrons. The zero-order valence-corrected chi connectivity index (χ0v) is 14.0. The Morgan fingerprint density at radius 1 is 1.20 bits per heavy atom. The number of aromatic nitrogens is 2. The van der Waals surface area contributed by atoms with Crippen molar-refractivity contribution in [3.63, 3.8) is 0 Å². The Hall–Kier alpha value is -2.90. The van der Waals surface area contributed by atoms with Crippen LogP contribution in [-0.4, -0.2) is 53.7 Å². The molecule has 2 heterocycles. The maximum atomic E-state index is 13.0. The molecule has 1 aliphatic rings. The molecule has 25 heavy (non-hydrogen) atoms. The monoisotopic (exact) mass is 345 g/mol. The number of nitrogens with one attached hydrogen (secondary N) is 1. The minimum atomic E-state index is -0.292. The predicted molar refractivity (Wildman–Crippen MR) is 92.5 cm³/mol. The molecular formula is C17H20FN5O2. The highest BCUT2D eigenvalue weighted by molar-refractivity contribution is 5.68. The lowest BCUT2D eigenvalue weighted by Gasteiger charge is -2.34. The number of benzene rings is 1. The molecule has 1 aromatic heterocycles. The van der Waals surface area contributed by atoms with Crippen molar-refractivity contribution < 1.29 is 13.9 Å². The summed E-state index contributed by atoms with van der Waals surface area (Å²) in [5.74, 6) is 0.930. The number of amides is 1. The summed E-state index contributed by atoms with van der Waals surface area (Å²) in [7, 11) is 0. The summed E-state index contributed by atoms with van der Waals surface area (Å²) >= 11 is 0. The first kappa shape index (κ1) is 16.9. The SMILES string of the molecule is CCOC(=O)N1CCN(c2ccnc(Nc3ccc(F)cc3)n2)CC1. The van der Waals surface area contributed by atoms with E-state index in [1.54, 1.807) is 30.2 Å². The highest BCUT2D eigenvalue weighted by Crippen LogP contribution is 2.18. The van der Waals surface area contributed by atoms with Gasteiger partial charge in [-0.25, -0.2) is 14.2 Å². The van der Waals surface area contributed by atoms with Gasteiger partial charge in [-0.15, -0.1) is 0 Å². The van der Waals surface area contributed by atoms with Crippen molar-refractivity contribution in [2.75, 3.05) is 43.0 Å². The number of ether oxygens (including phenoxy) is 1. The summed E-state index contributed by atoms with van der Waals surface area (Å²) in [6.45, 7) is 4.69. The third-order valence-corrected chi connectivity index (χ3v) is 3.87. The molecule has 2 aromatic rings. The van der Waals surface area contributed by atoms with Gasteiger partial charge in [0.15, 0.2) is 0 Å². The molecule has 0 unspecified atom stereocenters. The molecule has 1 aromatic carbocycles. The first-order chi connectivity index (χ1) is 12.2. The van der Waals surface area contributed by atoms with Crippen LogP contribution in [0, 0.1) is 5.82 Å². The first-order valence-corrected chi connectivity index (χ1v) is 8.18. The molecule has 1 amide bonds. The Labute approximate surface area is 145 Å². The molecule has 1 N–H and O–H groups in total. The number of nitrogens with zero attached hydrogens (tertiary/aromatic N) is 4. The molecule has 1 aliphatic heterocycles. The molecule has 1 fully saturated rings. The van der Waals surface area contributed by atoms with Crippen LogP contribution < -0.4 is 10.2 Å². The second kappa shape index (κ2) is 7.78. The van der Waals surface area contributed by atoms with Crippen molar-refractivity contribution in [3.8, 4) is 0 Å². The van der Waals surface area contributed by atoms with E-state index in [0.717, 1.165) is 5.82 Å². The van der Waals surface area contributed by atoms with Crippen LogP contribution in [0.4, 0.5) is 26.6 Å². The molecule has 0 saturated carbocycles. The number of rotatable bonds is 4. The second-order valence-corrected chi connectivity index (χ2v) is 5.54. The van der Waals surface area contributed by atoms with Gasteiger partial charge in [0, 0.05) is 38.1 Å². The minimum absolute atomic E-state index is 0.275. The number of hydrogen-bond acceptors (Lipinski definition) is 6. The van der Waals surface area contributed by atoms with Crippen LogP contribution in [-0.2, 0) is 4.74 Å². The van der Waals surface area contributed by atoms with Gasteiger partial charge in [0.05, 0.1) is 6.61 Å². The lowest BCUT2D eigenvalue weighted by atomic mass is 10.3. The van der Waals surface area contributed by atoms with Crippen LogP contribution in [0.2, 0.25) is 0 Å². The average Bonchev–Trinajstić information content (AvgIpc) is 2.64. The summed E-state index contributed by atoms with van der Waals surface area (Å²) < 4.78 is 18.0. The fourth-order valence-corrected chi connectivity index (χ4v) is 2.58. The molecule has 7 nitrogen and oxygen atoms in total. The van der Waals surface area contributed by atoms with Gasteiger partial charge in [-0.1, -0.05) is 0 Å². The van der Waals surface area contributed by atoms with E-state index in [9.17, 15) is 9.18 Å². The second-order valence-electron chi connectivity index (χ2n) is 5.54. The van der Waals surface area contributed by atoms with Gasteiger partial charge in [0.25, 0.3) is 0 Å². The fraction of sp³-hybridized carbons (Fsp3) is 0.353. The quantitative estimate of drug-likeness (QED) is 0.919. The van der Waals surface area contributed by atoms with Crippen molar-refractivity contribution in [2.24, 2.45) is 0 Å². The highest BCUT2D eigenvalue weighted by Gasteiger charge is 2.22. The van der Waals surface area contributed by atoms with E-state index in [1.807, 2.05) is 6.07 Å². The maximum absolute atomic E-state index is 13.0. The van der Waals surface area contributed by atoms with Crippen LogP contribution in [0.25, 0.3) is 0 Å². The Morgan fingerprint density at radius 2 is 1.92 bits per heavy atom. The van der Waals surface area contributed by atoms with Gasteiger partial charge in [0.2, 0.25) is 5.95 Å². The number of halogens is 1. The molecule has 0 aliphatic carbocycles. The largest absolute Gasteiger partial charge is 0.450 e. The van der Waals surface area contributed by atoms with Gasteiger partial charge in [0.1, 0.15) is 11.6 Å². The molecular weight excluding hydrogens is 325 g/mol. The summed E-state index contributed by atoms with van der Waals surface area (Å²) in [5.41, 5.74) is 0.714. The van der Waals surface area contributed by atoms with E-state index in [-0.39, 0.29) is 11.9 Å². The fourth-order valence-electron chi connectivity index (χ4n) is 2.58. The summed E-state index contributed by atoms with van der Waals surface area (Å²) in [4.78, 5) is 24.2. The van der Waals surface area contributed by atoms with E-state index < -0.39 is 0 Å². The number of carbonyl (C=O) groups excluding carboxylic acids is 1. The van der Waals surface area contributed by atoms with Crippen molar-refractivity contribution in [3.05, 3.63) is 42.3 Å². The minimum Gasteiger partial charge on any atom is -0.450 e. The van der Waals surface area contributed by atoms with Gasteiger partial charge in [-0.05, 0) is 37.3 Å². The van der Waals surface area contributed by atoms with E-state index >= 15 is 0 Å². The molecule has 0 atom stereocenters. The molecule has 0 bridgehead atoms. The third-order valence-electron chi connectivity index (χ3n) is 3.87. The van der Waals surface area contributed by atoms with Gasteiger partial charge >= 0.3 is 6.09 Å². The van der Waals surface area contributed by atoms with E-state index in [0.29, 0.717) is 44.4 Å². The normalized spacial score (nSPS) is 14.3. The summed E-state index contributed by atoms with van der Waals surface area (Å²) in [6, 6.07) is 7.84. The summed E-state index contributed by atoms with van der Waals surface area (Å²) in [6.07, 6.45) is 1.40. The van der Waals surface area contributed by atoms with E-state index in [4.69, 9.17) is 4.74 Å².